The van der Waals surface area contributed by atoms with Gasteiger partial charge in [-0.3, -0.25) is 4.91 Å². The van der Waals surface area contributed by atoms with Gasteiger partial charge in [-0.05, 0) is 17.7 Å². The molecule has 0 aliphatic rings. The first-order valence-corrected chi connectivity index (χ1v) is 4.33. The van der Waals surface area contributed by atoms with E-state index in [0.717, 1.165) is 5.56 Å². The number of carbonyl (C=O) groups is 1. The van der Waals surface area contributed by atoms with E-state index >= 15 is 0 Å². The normalized spacial score (nSPS) is 10.6. The van der Waals surface area contributed by atoms with Crippen molar-refractivity contribution in [2.24, 2.45) is 0 Å². The topological polar surface area (TPSA) is 144 Å². The Morgan fingerprint density at radius 1 is 1.38 bits per heavy atom. The minimum Gasteiger partial charge on any atom is -0.508 e. The average Bonchev–Trinajstić information content (AvgIpc) is 2.22. The zero-order valence-corrected chi connectivity index (χ0v) is 8.45. The molecule has 7 nitrogen and oxygen atoms in total. The molecule has 5 N–H and O–H groups in total. The lowest BCUT2D eigenvalue weighted by Crippen LogP contribution is -2.65. The van der Waals surface area contributed by atoms with Gasteiger partial charge in [-0.15, -0.1) is 0 Å². The van der Waals surface area contributed by atoms with Crippen molar-refractivity contribution in [1.82, 2.24) is 0 Å². The molecule has 0 radical (unpaired) electrons. The van der Waals surface area contributed by atoms with E-state index in [9.17, 15) is 4.79 Å². The molecule has 1 aromatic carbocycles. The number of nitrogens with zero attached hydrogens (tertiary/aromatic N) is 3. The Labute approximate surface area is 91.5 Å². The fourth-order valence-electron chi connectivity index (χ4n) is 1.00. The molecule has 0 heterocycles. The Kier molecular flexibility index (Phi) is 6.11. The number of quaternary nitrogens is 1. The van der Waals surface area contributed by atoms with Gasteiger partial charge < -0.3 is 27.0 Å². The molecular formula is C9H12N4O3. The maximum atomic E-state index is 10.5. The third-order valence-corrected chi connectivity index (χ3v) is 1.77. The predicted octanol–water partition coefficient (Wildman–Crippen LogP) is 0.496. The summed E-state index contributed by atoms with van der Waals surface area (Å²) in [5.74, 6) is -0.729. The molecule has 0 aliphatic heterocycles. The van der Waals surface area contributed by atoms with Gasteiger partial charge in [0.1, 0.15) is 5.75 Å². The fraction of sp³-hybridized carbons (Fsp3) is 0.222. The largest absolute Gasteiger partial charge is 0.508 e. The maximum absolute atomic E-state index is 10.5. The number of phenols is 1. The number of carboxylic acid groups (broad SMARTS) is 1. The first kappa shape index (κ1) is 13.8. The van der Waals surface area contributed by atoms with Gasteiger partial charge in [0.25, 0.3) is 0 Å². The highest BCUT2D eigenvalue weighted by Gasteiger charge is 2.15. The van der Waals surface area contributed by atoms with Crippen molar-refractivity contribution in [3.05, 3.63) is 45.8 Å². The summed E-state index contributed by atoms with van der Waals surface area (Å²) in [7, 11) is 0. The van der Waals surface area contributed by atoms with Crippen molar-refractivity contribution >= 4 is 5.97 Å². The number of aliphatic carboxylic acids is 1. The van der Waals surface area contributed by atoms with E-state index in [1.165, 1.54) is 17.0 Å². The molecule has 0 unspecified atom stereocenters. The second-order valence-corrected chi connectivity index (χ2v) is 3.00. The minimum absolute atomic E-state index is 0.180. The Morgan fingerprint density at radius 2 is 1.81 bits per heavy atom. The molecule has 86 valence electrons. The van der Waals surface area contributed by atoms with E-state index in [0.29, 0.717) is 6.42 Å². The van der Waals surface area contributed by atoms with Crippen LogP contribution in [0.3, 0.4) is 0 Å². The summed E-state index contributed by atoms with van der Waals surface area (Å²) in [6.07, 6.45) is 0.385. The second-order valence-electron chi connectivity index (χ2n) is 3.00. The van der Waals surface area contributed by atoms with E-state index in [1.54, 1.807) is 12.1 Å². The van der Waals surface area contributed by atoms with Crippen molar-refractivity contribution in [2.45, 2.75) is 12.5 Å². The lowest BCUT2D eigenvalue weighted by Gasteiger charge is -2.02. The smallest absolute Gasteiger partial charge is 0.362 e. The molecule has 16 heavy (non-hydrogen) atoms. The number of benzene rings is 1. The van der Waals surface area contributed by atoms with Crippen molar-refractivity contribution in [2.75, 3.05) is 0 Å². The standard InChI is InChI=1S/C9H11NO3.N3/c10-8(9(12)13)5-6-1-3-7(11)4-2-6;1-3-2/h1-4,8,11H,5,10H2,(H,12,13);/q;-1/p+1/t8-;/m0./s1. The number of hydrogen-bond donors (Lipinski definition) is 3. The van der Waals surface area contributed by atoms with Gasteiger partial charge in [0.2, 0.25) is 0 Å². The molecule has 0 bridgehead atoms. The third-order valence-electron chi connectivity index (χ3n) is 1.77. The van der Waals surface area contributed by atoms with Crippen LogP contribution in [-0.4, -0.2) is 22.2 Å². The predicted molar refractivity (Wildman–Crippen MR) is 56.2 cm³/mol. The Morgan fingerprint density at radius 3 is 2.19 bits per heavy atom. The van der Waals surface area contributed by atoms with Crippen molar-refractivity contribution in [1.29, 1.82) is 0 Å². The minimum atomic E-state index is -0.909. The molecule has 7 heteroatoms. The molecule has 0 aromatic heterocycles. The molecule has 0 saturated heterocycles. The third kappa shape index (κ3) is 5.48. The van der Waals surface area contributed by atoms with Gasteiger partial charge in [0, 0.05) is 6.42 Å². The quantitative estimate of drug-likeness (QED) is 0.390. The first-order chi connectivity index (χ1) is 7.51. The van der Waals surface area contributed by atoms with Crippen molar-refractivity contribution < 1.29 is 20.7 Å². The van der Waals surface area contributed by atoms with E-state index < -0.39 is 12.0 Å². The molecule has 0 spiro atoms. The van der Waals surface area contributed by atoms with E-state index in [1.807, 2.05) is 0 Å². The molecule has 0 fully saturated rings. The highest BCUT2D eigenvalue weighted by atomic mass is 16.4. The van der Waals surface area contributed by atoms with E-state index in [-0.39, 0.29) is 5.75 Å². The number of carboxylic acids is 1. The Balaban J connectivity index is 0.000000673. The van der Waals surface area contributed by atoms with Gasteiger partial charge in [-0.1, -0.05) is 12.1 Å². The summed E-state index contributed by atoms with van der Waals surface area (Å²) in [5.41, 5.74) is 17.9. The van der Waals surface area contributed by atoms with Crippen LogP contribution in [-0.2, 0) is 11.2 Å². The molecular weight excluding hydrogens is 212 g/mol. The molecule has 1 atom stereocenters. The van der Waals surface area contributed by atoms with E-state index in [2.05, 4.69) is 5.73 Å². The zero-order valence-electron chi connectivity index (χ0n) is 8.45. The van der Waals surface area contributed by atoms with Crippen LogP contribution in [0.2, 0.25) is 0 Å². The summed E-state index contributed by atoms with van der Waals surface area (Å²) in [5, 5.41) is 17.6. The molecule has 1 aromatic rings. The number of rotatable bonds is 3. The van der Waals surface area contributed by atoms with Crippen LogP contribution in [0.5, 0.6) is 5.75 Å². The van der Waals surface area contributed by atoms with Gasteiger partial charge in [-0.25, -0.2) is 4.79 Å². The van der Waals surface area contributed by atoms with Crippen LogP contribution >= 0.6 is 0 Å². The SMILES string of the molecule is [N-]=[N+]=[N-].[NH3+][C@@H](Cc1ccc(O)cc1)C(=O)O. The van der Waals surface area contributed by atoms with Crippen LogP contribution in [0.1, 0.15) is 5.56 Å². The Hall–Kier alpha value is -2.24. The molecule has 1 rings (SSSR count). The summed E-state index contributed by atoms with van der Waals surface area (Å²) < 4.78 is 0. The summed E-state index contributed by atoms with van der Waals surface area (Å²) >= 11 is 0. The molecule has 0 saturated carbocycles. The van der Waals surface area contributed by atoms with Crippen molar-refractivity contribution in [3.8, 4) is 5.75 Å². The number of hydrogen-bond acceptors (Lipinski definition) is 2. The first-order valence-electron chi connectivity index (χ1n) is 4.33. The number of aromatic hydroxyl groups is 1. The molecule has 0 aliphatic carbocycles. The summed E-state index contributed by atoms with van der Waals surface area (Å²) in [4.78, 5) is 12.0. The number of phenolic OH excluding ortho intramolecular Hbond substituents is 1. The van der Waals surface area contributed by atoms with Gasteiger partial charge in [0.15, 0.2) is 6.04 Å². The monoisotopic (exact) mass is 224 g/mol. The van der Waals surface area contributed by atoms with Crippen LogP contribution in [0.25, 0.3) is 16.0 Å². The Bertz CT molecular complexity index is 371. The lowest BCUT2D eigenvalue weighted by molar-refractivity contribution is -0.407. The fourth-order valence-corrected chi connectivity index (χ4v) is 1.00. The molecule has 0 amide bonds. The maximum Gasteiger partial charge on any atom is 0.362 e. The zero-order chi connectivity index (χ0) is 12.6. The van der Waals surface area contributed by atoms with Crippen LogP contribution < -0.4 is 5.73 Å². The lowest BCUT2D eigenvalue weighted by atomic mass is 10.1. The van der Waals surface area contributed by atoms with Gasteiger partial charge >= 0.3 is 5.97 Å². The van der Waals surface area contributed by atoms with E-state index in [4.69, 9.17) is 21.3 Å². The summed E-state index contributed by atoms with van der Waals surface area (Å²) in [6.45, 7) is 0. The second kappa shape index (κ2) is 7.10. The van der Waals surface area contributed by atoms with Crippen LogP contribution in [0.4, 0.5) is 0 Å². The van der Waals surface area contributed by atoms with Crippen LogP contribution in [0.15, 0.2) is 24.3 Å². The van der Waals surface area contributed by atoms with Gasteiger partial charge in [0.05, 0.1) is 0 Å². The van der Waals surface area contributed by atoms with Crippen LogP contribution in [0, 0.1) is 0 Å². The highest BCUT2D eigenvalue weighted by molar-refractivity contribution is 5.71. The van der Waals surface area contributed by atoms with Crippen molar-refractivity contribution in [3.63, 3.8) is 0 Å². The van der Waals surface area contributed by atoms with Gasteiger partial charge in [-0.2, -0.15) is 0 Å². The average molecular weight is 224 g/mol. The summed E-state index contributed by atoms with van der Waals surface area (Å²) in [6, 6.07) is 5.81. The highest BCUT2D eigenvalue weighted by Crippen LogP contribution is 2.10.